The molecule has 0 radical (unpaired) electrons. The fourth-order valence-electron chi connectivity index (χ4n) is 1.93. The molecule has 0 bridgehead atoms. The molecule has 1 fully saturated rings. The van der Waals surface area contributed by atoms with Crippen LogP contribution < -0.4 is 5.73 Å². The summed E-state index contributed by atoms with van der Waals surface area (Å²) in [6.07, 6.45) is 1.04. The molecule has 2 N–H and O–H groups in total. The molecule has 94 valence electrons. The van der Waals surface area contributed by atoms with Gasteiger partial charge in [0.1, 0.15) is 0 Å². The van der Waals surface area contributed by atoms with Crippen LogP contribution in [0.15, 0.2) is 0 Å². The van der Waals surface area contributed by atoms with E-state index in [0.717, 1.165) is 6.42 Å². The van der Waals surface area contributed by atoms with Crippen molar-refractivity contribution in [2.24, 2.45) is 11.7 Å². The number of nitrogens with zero attached hydrogens (tertiary/aromatic N) is 1. The minimum absolute atomic E-state index is 0.0667. The van der Waals surface area contributed by atoms with Crippen LogP contribution in [0.4, 0.5) is 0 Å². The van der Waals surface area contributed by atoms with Crippen molar-refractivity contribution in [1.29, 1.82) is 0 Å². The molecular weight excluding hydrogens is 204 g/mol. The Hall–Kier alpha value is -0.610. The number of ether oxygens (including phenoxy) is 1. The maximum absolute atomic E-state index is 12.2. The van der Waals surface area contributed by atoms with Gasteiger partial charge >= 0.3 is 0 Å². The van der Waals surface area contributed by atoms with Crippen molar-refractivity contribution < 1.29 is 9.53 Å². The number of rotatable bonds is 3. The second-order valence-electron chi connectivity index (χ2n) is 4.97. The summed E-state index contributed by atoms with van der Waals surface area (Å²) in [5.74, 6) is 0.250. The summed E-state index contributed by atoms with van der Waals surface area (Å²) >= 11 is 0. The molecule has 4 nitrogen and oxygen atoms in total. The summed E-state index contributed by atoms with van der Waals surface area (Å²) in [6, 6.07) is -0.201. The molecule has 0 aromatic rings. The van der Waals surface area contributed by atoms with Gasteiger partial charge in [0.15, 0.2) is 0 Å². The molecule has 1 saturated heterocycles. The van der Waals surface area contributed by atoms with Crippen LogP contribution >= 0.6 is 0 Å². The van der Waals surface area contributed by atoms with Crippen LogP contribution in [-0.2, 0) is 9.53 Å². The fourth-order valence-corrected chi connectivity index (χ4v) is 1.93. The number of morpholine rings is 1. The molecule has 1 aliphatic rings. The highest BCUT2D eigenvalue weighted by atomic mass is 16.5. The van der Waals surface area contributed by atoms with Gasteiger partial charge in [-0.15, -0.1) is 0 Å². The Balaban J connectivity index is 2.70. The highest BCUT2D eigenvalue weighted by molar-refractivity contribution is 5.82. The molecule has 1 aliphatic heterocycles. The van der Waals surface area contributed by atoms with Crippen LogP contribution in [0.5, 0.6) is 0 Å². The number of hydrogen-bond acceptors (Lipinski definition) is 3. The first-order valence-electron chi connectivity index (χ1n) is 6.15. The number of carbonyl (C=O) groups is 1. The standard InChI is InChI=1S/C12H24N2O2/c1-5-10-7-16-9(4)6-14(10)12(15)11(13)8(2)3/h8-11H,5-7,13H2,1-4H3. The van der Waals surface area contributed by atoms with Gasteiger partial charge in [0, 0.05) is 6.54 Å². The van der Waals surface area contributed by atoms with E-state index < -0.39 is 0 Å². The van der Waals surface area contributed by atoms with Gasteiger partial charge in [-0.05, 0) is 19.3 Å². The molecule has 0 aromatic heterocycles. The van der Waals surface area contributed by atoms with Crippen molar-refractivity contribution in [3.8, 4) is 0 Å². The van der Waals surface area contributed by atoms with Crippen LogP contribution in [0.3, 0.4) is 0 Å². The van der Waals surface area contributed by atoms with E-state index in [2.05, 4.69) is 6.92 Å². The number of hydrogen-bond donors (Lipinski definition) is 1. The van der Waals surface area contributed by atoms with Crippen molar-refractivity contribution >= 4 is 5.91 Å². The normalized spacial score (nSPS) is 28.2. The largest absolute Gasteiger partial charge is 0.375 e. The Morgan fingerprint density at radius 1 is 1.56 bits per heavy atom. The molecule has 4 heteroatoms. The molecule has 3 atom stereocenters. The lowest BCUT2D eigenvalue weighted by Crippen LogP contribution is -2.56. The van der Waals surface area contributed by atoms with E-state index in [1.165, 1.54) is 0 Å². The summed E-state index contributed by atoms with van der Waals surface area (Å²) in [6.45, 7) is 9.32. The molecule has 1 amide bonds. The van der Waals surface area contributed by atoms with Gasteiger partial charge < -0.3 is 15.4 Å². The van der Waals surface area contributed by atoms with Crippen LogP contribution in [-0.4, -0.2) is 42.1 Å². The summed E-state index contributed by atoms with van der Waals surface area (Å²) in [5, 5.41) is 0. The van der Waals surface area contributed by atoms with Gasteiger partial charge in [0.2, 0.25) is 5.91 Å². The van der Waals surface area contributed by atoms with Gasteiger partial charge in [-0.3, -0.25) is 4.79 Å². The molecular formula is C12H24N2O2. The van der Waals surface area contributed by atoms with E-state index in [4.69, 9.17) is 10.5 Å². The zero-order valence-corrected chi connectivity index (χ0v) is 10.8. The minimum Gasteiger partial charge on any atom is -0.375 e. The zero-order chi connectivity index (χ0) is 12.3. The number of amides is 1. The molecule has 3 unspecified atom stereocenters. The minimum atomic E-state index is -0.389. The Kier molecular flexibility index (Phi) is 4.74. The summed E-state index contributed by atoms with van der Waals surface area (Å²) in [7, 11) is 0. The van der Waals surface area contributed by atoms with Gasteiger partial charge in [-0.2, -0.15) is 0 Å². The third-order valence-corrected chi connectivity index (χ3v) is 3.23. The van der Waals surface area contributed by atoms with E-state index in [1.54, 1.807) is 0 Å². The van der Waals surface area contributed by atoms with Crippen molar-refractivity contribution in [1.82, 2.24) is 4.90 Å². The van der Waals surface area contributed by atoms with Gasteiger partial charge in [-0.25, -0.2) is 0 Å². The summed E-state index contributed by atoms with van der Waals surface area (Å²) in [5.41, 5.74) is 5.92. The quantitative estimate of drug-likeness (QED) is 0.784. The van der Waals surface area contributed by atoms with E-state index in [-0.39, 0.29) is 30.0 Å². The Morgan fingerprint density at radius 2 is 2.19 bits per heavy atom. The van der Waals surface area contributed by atoms with Crippen LogP contribution in [0.1, 0.15) is 34.1 Å². The van der Waals surface area contributed by atoms with E-state index >= 15 is 0 Å². The first kappa shape index (κ1) is 13.5. The molecule has 0 aromatic carbocycles. The van der Waals surface area contributed by atoms with Crippen molar-refractivity contribution in [2.45, 2.75) is 52.3 Å². The Labute approximate surface area is 98.1 Å². The number of nitrogens with two attached hydrogens (primary N) is 1. The van der Waals surface area contributed by atoms with Crippen molar-refractivity contribution in [3.63, 3.8) is 0 Å². The average Bonchev–Trinajstić information content (AvgIpc) is 2.26. The van der Waals surface area contributed by atoms with Crippen LogP contribution in [0.2, 0.25) is 0 Å². The molecule has 1 rings (SSSR count). The third-order valence-electron chi connectivity index (χ3n) is 3.23. The average molecular weight is 228 g/mol. The van der Waals surface area contributed by atoms with Crippen molar-refractivity contribution in [2.75, 3.05) is 13.2 Å². The fraction of sp³-hybridized carbons (Fsp3) is 0.917. The maximum atomic E-state index is 12.2. The lowest BCUT2D eigenvalue weighted by Gasteiger charge is -2.40. The van der Waals surface area contributed by atoms with Gasteiger partial charge in [0.05, 0.1) is 24.8 Å². The topological polar surface area (TPSA) is 55.6 Å². The summed E-state index contributed by atoms with van der Waals surface area (Å²) < 4.78 is 5.57. The van der Waals surface area contributed by atoms with E-state index in [1.807, 2.05) is 25.7 Å². The molecule has 0 spiro atoms. The molecule has 16 heavy (non-hydrogen) atoms. The molecule has 1 heterocycles. The first-order valence-corrected chi connectivity index (χ1v) is 6.15. The predicted octanol–water partition coefficient (Wildman–Crippen LogP) is 0.996. The van der Waals surface area contributed by atoms with E-state index in [0.29, 0.717) is 13.2 Å². The number of carbonyl (C=O) groups excluding carboxylic acids is 1. The first-order chi connectivity index (χ1) is 7.47. The Bertz CT molecular complexity index is 243. The highest BCUT2D eigenvalue weighted by Gasteiger charge is 2.32. The SMILES string of the molecule is CCC1COC(C)CN1C(=O)C(N)C(C)C. The van der Waals surface area contributed by atoms with E-state index in [9.17, 15) is 4.79 Å². The highest BCUT2D eigenvalue weighted by Crippen LogP contribution is 2.16. The Morgan fingerprint density at radius 3 is 2.69 bits per heavy atom. The summed E-state index contributed by atoms with van der Waals surface area (Å²) in [4.78, 5) is 14.1. The second kappa shape index (κ2) is 5.64. The van der Waals surface area contributed by atoms with Gasteiger partial charge in [0.25, 0.3) is 0 Å². The van der Waals surface area contributed by atoms with Gasteiger partial charge in [-0.1, -0.05) is 20.8 Å². The molecule has 0 saturated carbocycles. The predicted molar refractivity (Wildman–Crippen MR) is 64.0 cm³/mol. The molecule has 0 aliphatic carbocycles. The van der Waals surface area contributed by atoms with Crippen LogP contribution in [0.25, 0.3) is 0 Å². The second-order valence-corrected chi connectivity index (χ2v) is 4.97. The van der Waals surface area contributed by atoms with Crippen LogP contribution in [0, 0.1) is 5.92 Å². The third kappa shape index (κ3) is 2.95. The maximum Gasteiger partial charge on any atom is 0.240 e. The van der Waals surface area contributed by atoms with Crippen molar-refractivity contribution in [3.05, 3.63) is 0 Å². The zero-order valence-electron chi connectivity index (χ0n) is 10.8. The smallest absolute Gasteiger partial charge is 0.240 e. The lowest BCUT2D eigenvalue weighted by molar-refractivity contribution is -0.146. The lowest BCUT2D eigenvalue weighted by atomic mass is 10.0. The monoisotopic (exact) mass is 228 g/mol.